The maximum Gasteiger partial charge on any atom is 0.356 e. The highest BCUT2D eigenvalue weighted by Crippen LogP contribution is 2.27. The van der Waals surface area contributed by atoms with Gasteiger partial charge in [0, 0.05) is 17.8 Å². The molecular weight excluding hydrogens is 400 g/mol. The van der Waals surface area contributed by atoms with Crippen LogP contribution in [-0.2, 0) is 19.0 Å². The highest BCUT2D eigenvalue weighted by atomic mass is 16.6. The number of carbonyl (C=O) groups excluding carboxylic acids is 3. The molecule has 0 aromatic carbocycles. The lowest BCUT2D eigenvalue weighted by Crippen LogP contribution is -2.23. The molecule has 0 fully saturated rings. The van der Waals surface area contributed by atoms with Gasteiger partial charge in [0.1, 0.15) is 16.9 Å². The van der Waals surface area contributed by atoms with Crippen LogP contribution >= 0.6 is 0 Å². The minimum Gasteiger partial charge on any atom is -0.461 e. The summed E-state index contributed by atoms with van der Waals surface area (Å²) in [5.74, 6) is -1.24. The molecule has 0 amide bonds. The molecule has 2 aromatic heterocycles. The summed E-state index contributed by atoms with van der Waals surface area (Å²) in [6, 6.07) is 4.86. The number of carbonyl (C=O) groups is 3. The number of fused-ring (bicyclic) bond motifs is 1. The summed E-state index contributed by atoms with van der Waals surface area (Å²) in [6.07, 6.45) is 1.47. The lowest BCUT2D eigenvalue weighted by atomic mass is 10.1. The van der Waals surface area contributed by atoms with Crippen LogP contribution in [0.4, 0.5) is 0 Å². The number of pyridine rings is 1. The zero-order chi connectivity index (χ0) is 23.2. The fraction of sp³-hybridized carbons (Fsp3) is 0.565. The Kier molecular flexibility index (Phi) is 8.19. The van der Waals surface area contributed by atoms with E-state index in [-0.39, 0.29) is 37.3 Å². The van der Waals surface area contributed by atoms with E-state index in [1.54, 1.807) is 36.6 Å². The van der Waals surface area contributed by atoms with Crippen LogP contribution in [0.15, 0.2) is 18.2 Å². The topological polar surface area (TPSA) is 96.7 Å². The molecule has 2 aromatic rings. The molecule has 0 aliphatic heterocycles. The van der Waals surface area contributed by atoms with Crippen molar-refractivity contribution < 1.29 is 28.6 Å². The number of ether oxygens (including phenoxy) is 3. The molecule has 2 rings (SSSR count). The maximum atomic E-state index is 12.6. The van der Waals surface area contributed by atoms with E-state index in [0.717, 1.165) is 5.39 Å². The van der Waals surface area contributed by atoms with Crippen molar-refractivity contribution in [2.75, 3.05) is 13.2 Å². The molecular formula is C23H32N2O6. The molecule has 0 aliphatic carbocycles. The van der Waals surface area contributed by atoms with Gasteiger partial charge in [0.25, 0.3) is 0 Å². The van der Waals surface area contributed by atoms with Crippen molar-refractivity contribution >= 4 is 28.9 Å². The molecule has 2 heterocycles. The van der Waals surface area contributed by atoms with Gasteiger partial charge in [0.05, 0.1) is 13.2 Å². The highest BCUT2D eigenvalue weighted by Gasteiger charge is 2.23. The van der Waals surface area contributed by atoms with Crippen LogP contribution in [0, 0.1) is 0 Å². The molecule has 0 saturated heterocycles. The first-order chi connectivity index (χ1) is 14.6. The lowest BCUT2D eigenvalue weighted by molar-refractivity contribution is -0.154. The molecule has 1 unspecified atom stereocenters. The Hall–Kier alpha value is -2.90. The third kappa shape index (κ3) is 6.54. The molecule has 0 saturated carbocycles. The van der Waals surface area contributed by atoms with Gasteiger partial charge in [0.2, 0.25) is 0 Å². The molecule has 0 N–H and O–H groups in total. The first kappa shape index (κ1) is 24.4. The summed E-state index contributed by atoms with van der Waals surface area (Å²) < 4.78 is 17.4. The molecule has 0 radical (unpaired) electrons. The SMILES string of the molecule is CCOC(=O)c1ccc2cc(C(=O)OCC)n(C(C)CCCC(=O)OC(C)(C)C)c2n1. The Morgan fingerprint density at radius 2 is 1.71 bits per heavy atom. The van der Waals surface area contributed by atoms with Gasteiger partial charge >= 0.3 is 17.9 Å². The second-order valence-corrected chi connectivity index (χ2v) is 8.28. The molecule has 31 heavy (non-hydrogen) atoms. The van der Waals surface area contributed by atoms with E-state index in [1.165, 1.54) is 0 Å². The second-order valence-electron chi connectivity index (χ2n) is 8.28. The summed E-state index contributed by atoms with van der Waals surface area (Å²) in [5, 5.41) is 0.718. The molecule has 8 heteroatoms. The van der Waals surface area contributed by atoms with E-state index in [9.17, 15) is 14.4 Å². The number of aromatic nitrogens is 2. The number of nitrogens with zero attached hydrogens (tertiary/aromatic N) is 2. The van der Waals surface area contributed by atoms with Crippen LogP contribution in [0.3, 0.4) is 0 Å². The van der Waals surface area contributed by atoms with Crippen molar-refractivity contribution in [1.82, 2.24) is 9.55 Å². The number of hydrogen-bond donors (Lipinski definition) is 0. The van der Waals surface area contributed by atoms with Crippen molar-refractivity contribution in [3.05, 3.63) is 29.6 Å². The number of rotatable bonds is 9. The predicted molar refractivity (Wildman–Crippen MR) is 116 cm³/mol. The average molecular weight is 433 g/mol. The van der Waals surface area contributed by atoms with E-state index in [2.05, 4.69) is 4.98 Å². The van der Waals surface area contributed by atoms with Gasteiger partial charge in [-0.25, -0.2) is 14.6 Å². The van der Waals surface area contributed by atoms with Crippen LogP contribution < -0.4 is 0 Å². The summed E-state index contributed by atoms with van der Waals surface area (Å²) in [4.78, 5) is 41.2. The monoisotopic (exact) mass is 432 g/mol. The van der Waals surface area contributed by atoms with E-state index >= 15 is 0 Å². The Labute approximate surface area is 182 Å². The van der Waals surface area contributed by atoms with Gasteiger partial charge in [-0.05, 0) is 72.6 Å². The van der Waals surface area contributed by atoms with Gasteiger partial charge in [-0.3, -0.25) is 4.79 Å². The van der Waals surface area contributed by atoms with Crippen LogP contribution in [0.2, 0.25) is 0 Å². The van der Waals surface area contributed by atoms with Gasteiger partial charge < -0.3 is 18.8 Å². The predicted octanol–water partition coefficient (Wildman–Crippen LogP) is 4.46. The van der Waals surface area contributed by atoms with Gasteiger partial charge in [-0.2, -0.15) is 0 Å². The summed E-state index contributed by atoms with van der Waals surface area (Å²) in [6.45, 7) is 11.4. The first-order valence-corrected chi connectivity index (χ1v) is 10.7. The Morgan fingerprint density at radius 1 is 1.06 bits per heavy atom. The van der Waals surface area contributed by atoms with Crippen molar-refractivity contribution in [3.63, 3.8) is 0 Å². The van der Waals surface area contributed by atoms with Crippen LogP contribution in [0.25, 0.3) is 11.0 Å². The van der Waals surface area contributed by atoms with E-state index in [0.29, 0.717) is 24.2 Å². The van der Waals surface area contributed by atoms with Crippen molar-refractivity contribution in [2.24, 2.45) is 0 Å². The zero-order valence-electron chi connectivity index (χ0n) is 19.2. The number of esters is 3. The fourth-order valence-electron chi connectivity index (χ4n) is 3.29. The minimum absolute atomic E-state index is 0.163. The van der Waals surface area contributed by atoms with Crippen molar-refractivity contribution in [3.8, 4) is 0 Å². The molecule has 1 atom stereocenters. The summed E-state index contributed by atoms with van der Waals surface area (Å²) in [7, 11) is 0. The third-order valence-corrected chi connectivity index (χ3v) is 4.52. The van der Waals surface area contributed by atoms with E-state index in [1.807, 2.05) is 27.7 Å². The molecule has 0 bridgehead atoms. The summed E-state index contributed by atoms with van der Waals surface area (Å²) >= 11 is 0. The van der Waals surface area contributed by atoms with Gasteiger partial charge in [0.15, 0.2) is 5.69 Å². The largest absolute Gasteiger partial charge is 0.461 e. The van der Waals surface area contributed by atoms with E-state index < -0.39 is 17.5 Å². The Bertz CT molecular complexity index is 941. The smallest absolute Gasteiger partial charge is 0.356 e. The maximum absolute atomic E-state index is 12.6. The Balaban J connectivity index is 2.31. The lowest BCUT2D eigenvalue weighted by Gasteiger charge is -2.20. The van der Waals surface area contributed by atoms with E-state index in [4.69, 9.17) is 14.2 Å². The average Bonchev–Trinajstić information content (AvgIpc) is 3.05. The van der Waals surface area contributed by atoms with Gasteiger partial charge in [-0.1, -0.05) is 0 Å². The first-order valence-electron chi connectivity index (χ1n) is 10.7. The van der Waals surface area contributed by atoms with Crippen LogP contribution in [0.5, 0.6) is 0 Å². The highest BCUT2D eigenvalue weighted by molar-refractivity contribution is 5.96. The van der Waals surface area contributed by atoms with Crippen LogP contribution in [0.1, 0.15) is 87.8 Å². The molecule has 170 valence electrons. The third-order valence-electron chi connectivity index (χ3n) is 4.52. The Morgan fingerprint density at radius 3 is 2.32 bits per heavy atom. The van der Waals surface area contributed by atoms with Crippen molar-refractivity contribution in [2.45, 2.75) is 72.4 Å². The van der Waals surface area contributed by atoms with Gasteiger partial charge in [-0.15, -0.1) is 0 Å². The minimum atomic E-state index is -0.524. The summed E-state index contributed by atoms with van der Waals surface area (Å²) in [5.41, 5.74) is 0.502. The quantitative estimate of drug-likeness (QED) is 0.426. The molecule has 8 nitrogen and oxygen atoms in total. The number of hydrogen-bond acceptors (Lipinski definition) is 7. The molecule has 0 spiro atoms. The second kappa shape index (κ2) is 10.4. The fourth-order valence-corrected chi connectivity index (χ4v) is 3.29. The zero-order valence-corrected chi connectivity index (χ0v) is 19.2. The normalized spacial score (nSPS) is 12.5. The van der Waals surface area contributed by atoms with Crippen LogP contribution in [-0.4, -0.2) is 46.3 Å². The standard InChI is InChI=1S/C23H32N2O6/c1-7-29-21(27)17-13-12-16-14-18(22(28)30-8-2)25(20(16)24-17)15(3)10-9-11-19(26)31-23(4,5)6/h12-15H,7-11H2,1-6H3. The van der Waals surface area contributed by atoms with Crippen molar-refractivity contribution in [1.29, 1.82) is 0 Å². The molecule has 0 aliphatic rings.